The first-order valence-corrected chi connectivity index (χ1v) is 12.2. The zero-order valence-corrected chi connectivity index (χ0v) is 22.5. The quantitative estimate of drug-likeness (QED) is 0.125. The fraction of sp³-hybridized carbons (Fsp3) is 0.333. The van der Waals surface area contributed by atoms with Crippen molar-refractivity contribution >= 4 is 18.2 Å². The van der Waals surface area contributed by atoms with Crippen molar-refractivity contribution in [1.29, 1.82) is 5.26 Å². The number of carbonyl (C=O) groups excluding carboxylic acids is 2. The van der Waals surface area contributed by atoms with Crippen LogP contribution in [0.5, 0.6) is 23.0 Å². The first-order valence-electron chi connectivity index (χ1n) is 12.2. The molecule has 2 aromatic rings. The molecular formula is C27H31N5O8. The molecule has 40 heavy (non-hydrogen) atoms. The number of para-hydroxylation sites is 1. The van der Waals surface area contributed by atoms with Crippen LogP contribution in [-0.4, -0.2) is 63.6 Å². The Kier molecular flexibility index (Phi) is 10.6. The van der Waals surface area contributed by atoms with E-state index in [4.69, 9.17) is 28.9 Å². The predicted octanol–water partition coefficient (Wildman–Crippen LogP) is 2.12. The van der Waals surface area contributed by atoms with Gasteiger partial charge >= 0.3 is 12.0 Å². The van der Waals surface area contributed by atoms with Crippen LogP contribution in [0.1, 0.15) is 31.0 Å². The summed E-state index contributed by atoms with van der Waals surface area (Å²) in [6.07, 6.45) is 0.223. The van der Waals surface area contributed by atoms with Gasteiger partial charge in [0, 0.05) is 11.3 Å². The molecule has 0 saturated carbocycles. The number of aliphatic hydroxyl groups excluding tert-OH is 1. The Morgan fingerprint density at radius 2 is 2.00 bits per heavy atom. The van der Waals surface area contributed by atoms with Gasteiger partial charge in [0.25, 0.3) is 0 Å². The molecule has 2 atom stereocenters. The number of hydrogen-bond acceptors (Lipinski definition) is 11. The summed E-state index contributed by atoms with van der Waals surface area (Å²) in [5.74, 6) is 0.871. The van der Waals surface area contributed by atoms with Gasteiger partial charge in [0.1, 0.15) is 12.7 Å². The Bertz CT molecular complexity index is 1320. The van der Waals surface area contributed by atoms with Crippen molar-refractivity contribution in [3.05, 3.63) is 58.8 Å². The highest BCUT2D eigenvalue weighted by Gasteiger charge is 2.32. The SMILES string of the molecule is CCOc1cc([C@H]2NC(=O)NC(C)=C2C(=O)OC)ccc1OC[C@H](O)N/N=C/c1cccc(OC)c1OCC#N. The van der Waals surface area contributed by atoms with E-state index in [1.54, 1.807) is 50.2 Å². The third-order valence-corrected chi connectivity index (χ3v) is 5.61. The molecule has 0 radical (unpaired) electrons. The van der Waals surface area contributed by atoms with Crippen LogP contribution in [-0.2, 0) is 9.53 Å². The van der Waals surface area contributed by atoms with E-state index in [0.717, 1.165) is 0 Å². The van der Waals surface area contributed by atoms with Crippen LogP contribution in [0, 0.1) is 11.3 Å². The van der Waals surface area contributed by atoms with E-state index >= 15 is 0 Å². The van der Waals surface area contributed by atoms with Gasteiger partial charge in [-0.25, -0.2) is 9.59 Å². The van der Waals surface area contributed by atoms with E-state index in [1.165, 1.54) is 20.4 Å². The molecule has 1 aliphatic rings. The number of nitrogens with zero attached hydrogens (tertiary/aromatic N) is 2. The number of ether oxygens (including phenoxy) is 5. The number of aliphatic hydroxyl groups is 1. The van der Waals surface area contributed by atoms with Crippen molar-refractivity contribution < 1.29 is 38.4 Å². The second-order valence-corrected chi connectivity index (χ2v) is 8.24. The highest BCUT2D eigenvalue weighted by atomic mass is 16.5. The van der Waals surface area contributed by atoms with Gasteiger partial charge in [-0.15, -0.1) is 0 Å². The molecule has 2 aromatic carbocycles. The van der Waals surface area contributed by atoms with Crippen LogP contribution in [0.3, 0.4) is 0 Å². The van der Waals surface area contributed by atoms with Crippen LogP contribution in [0.25, 0.3) is 0 Å². The summed E-state index contributed by atoms with van der Waals surface area (Å²) in [6, 6.07) is 10.8. The van der Waals surface area contributed by atoms with E-state index < -0.39 is 24.3 Å². The monoisotopic (exact) mass is 553 g/mol. The standard InChI is InChI=1S/C27H31N5O8/c1-5-38-21-13-17(24-23(26(34)37-4)16(2)30-27(35)31-24)9-10-19(21)40-15-22(33)32-29-14-18-7-6-8-20(36-3)25(18)39-12-11-28/h6-10,13-14,22,24,32-33H,5,12,15H2,1-4H3,(H2,30,31,35)/b29-14+/t22-,24+/m0/s1. The van der Waals surface area contributed by atoms with Crippen LogP contribution >= 0.6 is 0 Å². The molecule has 13 nitrogen and oxygen atoms in total. The van der Waals surface area contributed by atoms with Crippen LogP contribution in [0.2, 0.25) is 0 Å². The zero-order chi connectivity index (χ0) is 29.1. The van der Waals surface area contributed by atoms with Gasteiger partial charge in [-0.3, -0.25) is 5.43 Å². The molecule has 1 heterocycles. The Labute approximate surface area is 231 Å². The normalized spacial score (nSPS) is 15.4. The summed E-state index contributed by atoms with van der Waals surface area (Å²) in [5.41, 5.74) is 4.30. The van der Waals surface area contributed by atoms with Gasteiger partial charge < -0.3 is 39.4 Å². The van der Waals surface area contributed by atoms with Gasteiger partial charge in [-0.1, -0.05) is 12.1 Å². The summed E-state index contributed by atoms with van der Waals surface area (Å²) in [6.45, 7) is 3.37. The molecule has 2 amide bonds. The number of hydrazone groups is 1. The lowest BCUT2D eigenvalue weighted by atomic mass is 9.95. The third kappa shape index (κ3) is 7.33. The number of esters is 1. The molecule has 4 N–H and O–H groups in total. The maximum Gasteiger partial charge on any atom is 0.337 e. The van der Waals surface area contributed by atoms with E-state index in [-0.39, 0.29) is 18.8 Å². The van der Waals surface area contributed by atoms with Crippen molar-refractivity contribution in [3.8, 4) is 29.1 Å². The van der Waals surface area contributed by atoms with Gasteiger partial charge in [0.15, 0.2) is 35.8 Å². The highest BCUT2D eigenvalue weighted by Crippen LogP contribution is 2.35. The fourth-order valence-corrected chi connectivity index (χ4v) is 3.87. The summed E-state index contributed by atoms with van der Waals surface area (Å²) < 4.78 is 27.1. The Hall–Kier alpha value is -4.96. The molecule has 0 spiro atoms. The Morgan fingerprint density at radius 1 is 1.20 bits per heavy atom. The zero-order valence-electron chi connectivity index (χ0n) is 22.5. The van der Waals surface area contributed by atoms with E-state index in [1.807, 2.05) is 6.07 Å². The lowest BCUT2D eigenvalue weighted by molar-refractivity contribution is -0.136. The van der Waals surface area contributed by atoms with Crippen molar-refractivity contribution in [2.75, 3.05) is 34.0 Å². The van der Waals surface area contributed by atoms with Crippen LogP contribution < -0.4 is 35.0 Å². The van der Waals surface area contributed by atoms with Crippen molar-refractivity contribution in [2.24, 2.45) is 5.10 Å². The lowest BCUT2D eigenvalue weighted by Crippen LogP contribution is -2.45. The minimum absolute atomic E-state index is 0.171. The molecule has 0 bridgehead atoms. The Morgan fingerprint density at radius 3 is 2.70 bits per heavy atom. The summed E-state index contributed by atoms with van der Waals surface area (Å²) in [5, 5.41) is 28.5. The third-order valence-electron chi connectivity index (χ3n) is 5.61. The maximum atomic E-state index is 12.4. The molecular weight excluding hydrogens is 522 g/mol. The average molecular weight is 554 g/mol. The second kappa shape index (κ2) is 14.3. The molecule has 3 rings (SSSR count). The van der Waals surface area contributed by atoms with Gasteiger partial charge in [-0.2, -0.15) is 10.4 Å². The number of urea groups is 1. The average Bonchev–Trinajstić information content (AvgIpc) is 2.95. The van der Waals surface area contributed by atoms with Crippen LogP contribution in [0.15, 0.2) is 52.8 Å². The smallest absolute Gasteiger partial charge is 0.337 e. The molecule has 0 aliphatic carbocycles. The number of hydrogen-bond donors (Lipinski definition) is 4. The van der Waals surface area contributed by atoms with Gasteiger partial charge in [0.2, 0.25) is 0 Å². The lowest BCUT2D eigenvalue weighted by Gasteiger charge is -2.28. The predicted molar refractivity (Wildman–Crippen MR) is 143 cm³/mol. The molecule has 1 aliphatic heterocycles. The topological polar surface area (TPSA) is 173 Å². The fourth-order valence-electron chi connectivity index (χ4n) is 3.87. The molecule has 0 saturated heterocycles. The summed E-state index contributed by atoms with van der Waals surface area (Å²) in [7, 11) is 2.75. The minimum Gasteiger partial charge on any atom is -0.493 e. The molecule has 212 valence electrons. The van der Waals surface area contributed by atoms with E-state index in [9.17, 15) is 14.7 Å². The minimum atomic E-state index is -1.19. The number of carbonyl (C=O) groups is 2. The summed E-state index contributed by atoms with van der Waals surface area (Å²) in [4.78, 5) is 24.5. The number of methoxy groups -OCH3 is 2. The highest BCUT2D eigenvalue weighted by molar-refractivity contribution is 5.95. The number of benzene rings is 2. The van der Waals surface area contributed by atoms with Gasteiger partial charge in [0.05, 0.1) is 38.7 Å². The Balaban J connectivity index is 1.71. The summed E-state index contributed by atoms with van der Waals surface area (Å²) >= 11 is 0. The van der Waals surface area contributed by atoms with E-state index in [2.05, 4.69) is 21.2 Å². The first kappa shape index (κ1) is 29.6. The number of nitrogens with one attached hydrogen (secondary N) is 3. The first-order chi connectivity index (χ1) is 19.3. The molecule has 0 fully saturated rings. The van der Waals surface area contributed by atoms with Crippen molar-refractivity contribution in [1.82, 2.24) is 16.1 Å². The number of amides is 2. The molecule has 0 aromatic heterocycles. The number of allylic oxidation sites excluding steroid dienone is 1. The number of nitriles is 1. The van der Waals surface area contributed by atoms with Gasteiger partial charge in [-0.05, 0) is 43.7 Å². The van der Waals surface area contributed by atoms with E-state index in [0.29, 0.717) is 46.4 Å². The maximum absolute atomic E-state index is 12.4. The second-order valence-electron chi connectivity index (χ2n) is 8.24. The van der Waals surface area contributed by atoms with Crippen LogP contribution in [0.4, 0.5) is 4.79 Å². The molecule has 0 unspecified atom stereocenters. The molecule has 13 heteroatoms. The van der Waals surface area contributed by atoms with Crippen molar-refractivity contribution in [2.45, 2.75) is 26.1 Å². The number of rotatable bonds is 13. The van der Waals surface area contributed by atoms with Crippen molar-refractivity contribution in [3.63, 3.8) is 0 Å². The largest absolute Gasteiger partial charge is 0.493 e.